The first-order valence-corrected chi connectivity index (χ1v) is 7.66. The van der Waals surface area contributed by atoms with E-state index >= 15 is 0 Å². The first-order valence-electron chi connectivity index (χ1n) is 6.68. The van der Waals surface area contributed by atoms with E-state index in [1.165, 1.54) is 29.5 Å². The molecule has 2 rings (SSSR count). The number of hydrogen-bond donors (Lipinski definition) is 0. The Kier molecular flexibility index (Phi) is 5.81. The van der Waals surface area contributed by atoms with E-state index in [9.17, 15) is 9.18 Å². The second kappa shape index (κ2) is 7.85. The molecule has 0 unspecified atom stereocenters. The number of thioether (sulfide) groups is 1. The molecule has 0 heterocycles. The molecule has 0 bridgehead atoms. The maximum absolute atomic E-state index is 13.0. The van der Waals surface area contributed by atoms with Crippen LogP contribution in [0.25, 0.3) is 0 Å². The van der Waals surface area contributed by atoms with Crippen molar-refractivity contribution < 1.29 is 9.18 Å². The molecular formula is C17H17FOS. The summed E-state index contributed by atoms with van der Waals surface area (Å²) in [6.45, 7) is 0. The van der Waals surface area contributed by atoms with Crippen LogP contribution in [0.5, 0.6) is 0 Å². The average molecular weight is 288 g/mol. The number of benzene rings is 2. The molecule has 0 amide bonds. The largest absolute Gasteiger partial charge is 0.299 e. The molecule has 0 saturated carbocycles. The number of carbonyl (C=O) groups excluding carboxylic acids is 1. The fourth-order valence-corrected chi connectivity index (χ4v) is 2.77. The fourth-order valence-electron chi connectivity index (χ4n) is 1.93. The van der Waals surface area contributed by atoms with Gasteiger partial charge in [-0.2, -0.15) is 0 Å². The lowest BCUT2D eigenvalue weighted by Crippen LogP contribution is -2.02. The Hall–Kier alpha value is -1.61. The number of rotatable bonds is 7. The Balaban J connectivity index is 1.68. The molecule has 104 valence electrons. The lowest BCUT2D eigenvalue weighted by Gasteiger charge is -2.03. The van der Waals surface area contributed by atoms with Gasteiger partial charge < -0.3 is 0 Å². The highest BCUT2D eigenvalue weighted by molar-refractivity contribution is 8.00. The third-order valence-corrected chi connectivity index (χ3v) is 4.01. The summed E-state index contributed by atoms with van der Waals surface area (Å²) in [6.07, 6.45) is 2.38. The molecule has 3 heteroatoms. The van der Waals surface area contributed by atoms with Crippen LogP contribution in [-0.2, 0) is 11.2 Å². The van der Waals surface area contributed by atoms with Gasteiger partial charge in [0, 0.05) is 11.3 Å². The van der Waals surface area contributed by atoms with Crippen LogP contribution in [0.1, 0.15) is 18.4 Å². The zero-order valence-corrected chi connectivity index (χ0v) is 12.0. The highest BCUT2D eigenvalue weighted by atomic mass is 32.2. The second-order valence-electron chi connectivity index (χ2n) is 4.62. The van der Waals surface area contributed by atoms with Crippen LogP contribution >= 0.6 is 11.8 Å². The molecule has 0 aliphatic rings. The van der Waals surface area contributed by atoms with E-state index in [0.29, 0.717) is 12.2 Å². The Labute approximate surface area is 123 Å². The van der Waals surface area contributed by atoms with E-state index in [1.54, 1.807) is 6.07 Å². The maximum Gasteiger partial charge on any atom is 0.143 e. The van der Waals surface area contributed by atoms with Gasteiger partial charge in [0.25, 0.3) is 0 Å². The Morgan fingerprint density at radius 2 is 1.85 bits per heavy atom. The first kappa shape index (κ1) is 14.8. The number of carbonyl (C=O) groups is 1. The molecule has 0 aliphatic carbocycles. The molecule has 0 atom stereocenters. The van der Waals surface area contributed by atoms with Gasteiger partial charge in [-0.05, 0) is 36.6 Å². The smallest absolute Gasteiger partial charge is 0.143 e. The van der Waals surface area contributed by atoms with E-state index in [-0.39, 0.29) is 11.6 Å². The van der Waals surface area contributed by atoms with Crippen molar-refractivity contribution in [3.05, 3.63) is 66.0 Å². The highest BCUT2D eigenvalue weighted by Gasteiger charge is 2.04. The van der Waals surface area contributed by atoms with Crippen molar-refractivity contribution in [3.63, 3.8) is 0 Å². The van der Waals surface area contributed by atoms with Crippen molar-refractivity contribution in [1.29, 1.82) is 0 Å². The molecule has 0 spiro atoms. The summed E-state index contributed by atoms with van der Waals surface area (Å²) >= 11 is 1.40. The van der Waals surface area contributed by atoms with Crippen molar-refractivity contribution in [2.24, 2.45) is 0 Å². The topological polar surface area (TPSA) is 17.1 Å². The van der Waals surface area contributed by atoms with E-state index in [0.717, 1.165) is 17.7 Å². The van der Waals surface area contributed by atoms with Gasteiger partial charge >= 0.3 is 0 Å². The SMILES string of the molecule is O=C(CCCc1ccccc1)CSc1cccc(F)c1. The van der Waals surface area contributed by atoms with Crippen LogP contribution in [0.15, 0.2) is 59.5 Å². The average Bonchev–Trinajstić information content (AvgIpc) is 2.46. The van der Waals surface area contributed by atoms with Crippen molar-refractivity contribution in [3.8, 4) is 0 Å². The van der Waals surface area contributed by atoms with Crippen molar-refractivity contribution in [1.82, 2.24) is 0 Å². The van der Waals surface area contributed by atoms with Crippen LogP contribution in [0, 0.1) is 5.82 Å². The Morgan fingerprint density at radius 1 is 1.05 bits per heavy atom. The number of halogens is 1. The Morgan fingerprint density at radius 3 is 2.60 bits per heavy atom. The van der Waals surface area contributed by atoms with Crippen LogP contribution in [0.3, 0.4) is 0 Å². The highest BCUT2D eigenvalue weighted by Crippen LogP contribution is 2.19. The number of aryl methyl sites for hydroxylation is 1. The zero-order valence-electron chi connectivity index (χ0n) is 11.2. The Bertz CT molecular complexity index is 554. The van der Waals surface area contributed by atoms with Gasteiger partial charge in [-0.3, -0.25) is 4.79 Å². The van der Waals surface area contributed by atoms with E-state index in [4.69, 9.17) is 0 Å². The predicted molar refractivity (Wildman–Crippen MR) is 81.5 cm³/mol. The van der Waals surface area contributed by atoms with E-state index < -0.39 is 0 Å². The minimum atomic E-state index is -0.258. The summed E-state index contributed by atoms with van der Waals surface area (Å²) in [7, 11) is 0. The zero-order chi connectivity index (χ0) is 14.2. The van der Waals surface area contributed by atoms with Gasteiger partial charge in [0.05, 0.1) is 5.75 Å². The molecule has 1 nitrogen and oxygen atoms in total. The van der Waals surface area contributed by atoms with Gasteiger partial charge in [0.2, 0.25) is 0 Å². The molecule has 2 aromatic rings. The lowest BCUT2D eigenvalue weighted by atomic mass is 10.1. The van der Waals surface area contributed by atoms with Crippen LogP contribution in [-0.4, -0.2) is 11.5 Å². The molecule has 20 heavy (non-hydrogen) atoms. The molecule has 0 N–H and O–H groups in total. The van der Waals surface area contributed by atoms with Crippen molar-refractivity contribution in [2.45, 2.75) is 24.2 Å². The third-order valence-electron chi connectivity index (χ3n) is 2.96. The van der Waals surface area contributed by atoms with Crippen LogP contribution in [0.4, 0.5) is 4.39 Å². The summed E-state index contributed by atoms with van der Waals surface area (Å²) in [4.78, 5) is 12.6. The molecule has 0 saturated heterocycles. The molecule has 0 aromatic heterocycles. The van der Waals surface area contributed by atoms with Crippen LogP contribution < -0.4 is 0 Å². The number of ketones is 1. The molecule has 0 aliphatic heterocycles. The van der Waals surface area contributed by atoms with Crippen LogP contribution in [0.2, 0.25) is 0 Å². The lowest BCUT2D eigenvalue weighted by molar-refractivity contribution is -0.116. The third kappa shape index (κ3) is 5.17. The van der Waals surface area contributed by atoms with Crippen molar-refractivity contribution in [2.75, 3.05) is 5.75 Å². The minimum absolute atomic E-state index is 0.218. The molecule has 2 aromatic carbocycles. The van der Waals surface area contributed by atoms with Gasteiger partial charge in [-0.15, -0.1) is 11.8 Å². The van der Waals surface area contributed by atoms with Gasteiger partial charge in [-0.25, -0.2) is 4.39 Å². The minimum Gasteiger partial charge on any atom is -0.299 e. The standard InChI is InChI=1S/C17H17FOS/c18-15-9-5-11-17(12-15)20-13-16(19)10-4-8-14-6-2-1-3-7-14/h1-3,5-7,9,11-12H,4,8,10,13H2. The quantitative estimate of drug-likeness (QED) is 0.697. The fraction of sp³-hybridized carbons (Fsp3) is 0.235. The summed E-state index contributed by atoms with van der Waals surface area (Å²) in [5.74, 6) is 0.375. The summed E-state index contributed by atoms with van der Waals surface area (Å²) in [5.41, 5.74) is 1.26. The number of hydrogen-bond acceptors (Lipinski definition) is 2. The van der Waals surface area contributed by atoms with Gasteiger partial charge in [0.15, 0.2) is 0 Å². The summed E-state index contributed by atoms with van der Waals surface area (Å²) < 4.78 is 13.0. The number of Topliss-reactive ketones (excluding diaryl/α,β-unsaturated/α-hetero) is 1. The van der Waals surface area contributed by atoms with E-state index in [2.05, 4.69) is 12.1 Å². The summed E-state index contributed by atoms with van der Waals surface area (Å²) in [5, 5.41) is 0. The molecule has 0 fully saturated rings. The predicted octanol–water partition coefficient (Wildman–Crippen LogP) is 4.51. The monoisotopic (exact) mass is 288 g/mol. The summed E-state index contributed by atoms with van der Waals surface area (Å²) in [6, 6.07) is 16.5. The molecule has 0 radical (unpaired) electrons. The second-order valence-corrected chi connectivity index (χ2v) is 5.67. The van der Waals surface area contributed by atoms with E-state index in [1.807, 2.05) is 24.3 Å². The van der Waals surface area contributed by atoms with Crippen molar-refractivity contribution >= 4 is 17.5 Å². The first-order chi connectivity index (χ1) is 9.74. The maximum atomic E-state index is 13.0. The van der Waals surface area contributed by atoms with Gasteiger partial charge in [0.1, 0.15) is 11.6 Å². The molecular weight excluding hydrogens is 271 g/mol. The van der Waals surface area contributed by atoms with Gasteiger partial charge in [-0.1, -0.05) is 36.4 Å². The normalized spacial score (nSPS) is 10.4.